The molecule has 0 unspecified atom stereocenters. The van der Waals surface area contributed by atoms with Crippen molar-refractivity contribution >= 4 is 23.2 Å². The maximum atomic E-state index is 13.7. The number of carbonyl (C=O) groups is 1. The molecule has 2 aliphatic heterocycles. The normalized spacial score (nSPS) is 20.7. The Morgan fingerprint density at radius 2 is 1.90 bits per heavy atom. The fourth-order valence-electron chi connectivity index (χ4n) is 5.06. The van der Waals surface area contributed by atoms with Gasteiger partial charge in [0.15, 0.2) is 5.82 Å². The van der Waals surface area contributed by atoms with Gasteiger partial charge in [0.1, 0.15) is 24.1 Å². The van der Waals surface area contributed by atoms with Crippen LogP contribution in [0, 0.1) is 0 Å². The zero-order valence-corrected chi connectivity index (χ0v) is 17.1. The SMILES string of the molecule is CNc1nc(CO)nc2c1C1(CCCC1)C(=O)N2c1cnc(C2CCOCC2)nc1. The molecule has 0 aromatic carbocycles. The minimum absolute atomic E-state index is 0.00157. The molecular formula is C21H26N6O3. The number of nitrogens with one attached hydrogen (secondary N) is 1. The number of aromatic nitrogens is 4. The Balaban J connectivity index is 1.58. The van der Waals surface area contributed by atoms with Crippen LogP contribution in [0.3, 0.4) is 0 Å². The van der Waals surface area contributed by atoms with Crippen LogP contribution in [0.5, 0.6) is 0 Å². The molecule has 1 saturated carbocycles. The summed E-state index contributed by atoms with van der Waals surface area (Å²) in [6, 6.07) is 0. The van der Waals surface area contributed by atoms with Gasteiger partial charge in [-0.1, -0.05) is 12.8 Å². The van der Waals surface area contributed by atoms with Gasteiger partial charge in [0.05, 0.1) is 29.1 Å². The first-order chi connectivity index (χ1) is 14.7. The van der Waals surface area contributed by atoms with Crippen molar-refractivity contribution in [2.45, 2.75) is 56.5 Å². The summed E-state index contributed by atoms with van der Waals surface area (Å²) >= 11 is 0. The summed E-state index contributed by atoms with van der Waals surface area (Å²) in [5, 5.41) is 12.8. The van der Waals surface area contributed by atoms with Crippen molar-refractivity contribution in [2.24, 2.45) is 0 Å². The molecule has 1 amide bonds. The first-order valence-corrected chi connectivity index (χ1v) is 10.6. The average Bonchev–Trinajstić information content (AvgIpc) is 3.38. The standard InChI is InChI=1S/C21H26N6O3/c1-22-18-16-19(26-15(12-28)25-18)27(20(29)21(16)6-2-3-7-21)14-10-23-17(24-11-14)13-4-8-30-9-5-13/h10-11,13,28H,2-9,12H2,1H3,(H,22,25,26). The van der Waals surface area contributed by atoms with Crippen LogP contribution in [0.15, 0.2) is 12.4 Å². The van der Waals surface area contributed by atoms with E-state index >= 15 is 0 Å². The number of aliphatic hydroxyl groups is 1. The van der Waals surface area contributed by atoms with Crippen molar-refractivity contribution in [3.05, 3.63) is 29.6 Å². The van der Waals surface area contributed by atoms with Crippen molar-refractivity contribution in [2.75, 3.05) is 30.5 Å². The summed E-state index contributed by atoms with van der Waals surface area (Å²) in [4.78, 5) is 33.5. The molecule has 2 fully saturated rings. The molecule has 1 spiro atoms. The average molecular weight is 410 g/mol. The highest BCUT2D eigenvalue weighted by atomic mass is 16.5. The Kier molecular flexibility index (Phi) is 4.86. The number of fused-ring (bicyclic) bond motifs is 2. The number of hydrogen-bond acceptors (Lipinski definition) is 8. The van der Waals surface area contributed by atoms with Gasteiger partial charge in [-0.25, -0.2) is 19.9 Å². The van der Waals surface area contributed by atoms with E-state index in [-0.39, 0.29) is 24.3 Å². The molecular weight excluding hydrogens is 384 g/mol. The zero-order chi connectivity index (χ0) is 20.7. The molecule has 9 nitrogen and oxygen atoms in total. The van der Waals surface area contributed by atoms with E-state index in [0.29, 0.717) is 17.3 Å². The Bertz CT molecular complexity index is 952. The second-order valence-corrected chi connectivity index (χ2v) is 8.21. The molecule has 1 saturated heterocycles. The summed E-state index contributed by atoms with van der Waals surface area (Å²) in [6.07, 6.45) is 8.77. The molecule has 0 radical (unpaired) electrons. The van der Waals surface area contributed by atoms with Crippen molar-refractivity contribution in [3.8, 4) is 0 Å². The van der Waals surface area contributed by atoms with E-state index in [0.717, 1.165) is 63.1 Å². The number of carbonyl (C=O) groups excluding carboxylic acids is 1. The van der Waals surface area contributed by atoms with Crippen molar-refractivity contribution in [1.29, 1.82) is 0 Å². The number of nitrogens with zero attached hydrogens (tertiary/aromatic N) is 5. The second kappa shape index (κ2) is 7.55. The van der Waals surface area contributed by atoms with E-state index < -0.39 is 5.41 Å². The summed E-state index contributed by atoms with van der Waals surface area (Å²) in [5.41, 5.74) is 0.810. The largest absolute Gasteiger partial charge is 0.388 e. The third-order valence-corrected chi connectivity index (χ3v) is 6.58. The highest BCUT2D eigenvalue weighted by Crippen LogP contribution is 2.54. The molecule has 0 bridgehead atoms. The number of hydrogen-bond donors (Lipinski definition) is 2. The summed E-state index contributed by atoms with van der Waals surface area (Å²) < 4.78 is 5.43. The molecule has 30 heavy (non-hydrogen) atoms. The monoisotopic (exact) mass is 410 g/mol. The highest BCUT2D eigenvalue weighted by Gasteiger charge is 2.55. The van der Waals surface area contributed by atoms with Gasteiger partial charge in [0.2, 0.25) is 5.91 Å². The lowest BCUT2D eigenvalue weighted by Crippen LogP contribution is -2.36. The summed E-state index contributed by atoms with van der Waals surface area (Å²) in [7, 11) is 1.78. The number of ether oxygens (including phenoxy) is 1. The summed E-state index contributed by atoms with van der Waals surface area (Å²) in [6.45, 7) is 1.16. The topological polar surface area (TPSA) is 113 Å². The van der Waals surface area contributed by atoms with Gasteiger partial charge >= 0.3 is 0 Å². The molecule has 0 atom stereocenters. The number of aliphatic hydroxyl groups excluding tert-OH is 1. The van der Waals surface area contributed by atoms with Crippen LogP contribution < -0.4 is 10.2 Å². The minimum Gasteiger partial charge on any atom is -0.388 e. The van der Waals surface area contributed by atoms with Crippen LogP contribution in [0.4, 0.5) is 17.3 Å². The number of rotatable bonds is 4. The minimum atomic E-state index is -0.624. The Morgan fingerprint density at radius 1 is 1.20 bits per heavy atom. The fourth-order valence-corrected chi connectivity index (χ4v) is 5.06. The smallest absolute Gasteiger partial charge is 0.243 e. The van der Waals surface area contributed by atoms with Gasteiger partial charge < -0.3 is 15.2 Å². The second-order valence-electron chi connectivity index (χ2n) is 8.21. The summed E-state index contributed by atoms with van der Waals surface area (Å²) in [5.74, 6) is 2.51. The first-order valence-electron chi connectivity index (χ1n) is 10.6. The van der Waals surface area contributed by atoms with Crippen LogP contribution in [0.2, 0.25) is 0 Å². The van der Waals surface area contributed by atoms with Crippen molar-refractivity contribution < 1.29 is 14.6 Å². The van der Waals surface area contributed by atoms with Crippen LogP contribution in [0.25, 0.3) is 0 Å². The molecule has 2 aromatic rings. The van der Waals surface area contributed by atoms with Gasteiger partial charge in [-0.15, -0.1) is 0 Å². The molecule has 4 heterocycles. The fraction of sp³-hybridized carbons (Fsp3) is 0.571. The van der Waals surface area contributed by atoms with Crippen LogP contribution in [0.1, 0.15) is 61.7 Å². The van der Waals surface area contributed by atoms with Crippen LogP contribution >= 0.6 is 0 Å². The molecule has 9 heteroatoms. The van der Waals surface area contributed by atoms with Crippen molar-refractivity contribution in [3.63, 3.8) is 0 Å². The van der Waals surface area contributed by atoms with E-state index in [9.17, 15) is 9.90 Å². The lowest BCUT2D eigenvalue weighted by Gasteiger charge is -2.24. The van der Waals surface area contributed by atoms with Gasteiger partial charge in [-0.3, -0.25) is 9.69 Å². The van der Waals surface area contributed by atoms with E-state index in [1.165, 1.54) is 0 Å². The van der Waals surface area contributed by atoms with E-state index in [4.69, 9.17) is 4.74 Å². The highest BCUT2D eigenvalue weighted by molar-refractivity contribution is 6.13. The third kappa shape index (κ3) is 2.87. The maximum absolute atomic E-state index is 13.7. The molecule has 2 N–H and O–H groups in total. The molecule has 158 valence electrons. The van der Waals surface area contributed by atoms with Gasteiger partial charge in [0, 0.05) is 26.2 Å². The van der Waals surface area contributed by atoms with Gasteiger partial charge in [-0.2, -0.15) is 0 Å². The maximum Gasteiger partial charge on any atom is 0.243 e. The van der Waals surface area contributed by atoms with Crippen LogP contribution in [-0.2, 0) is 21.6 Å². The quantitative estimate of drug-likeness (QED) is 0.789. The van der Waals surface area contributed by atoms with E-state index in [2.05, 4.69) is 25.3 Å². The Hall–Kier alpha value is -2.65. The Labute approximate surface area is 174 Å². The molecule has 3 aliphatic rings. The van der Waals surface area contributed by atoms with E-state index in [1.807, 2.05) is 0 Å². The molecule has 2 aromatic heterocycles. The molecule has 1 aliphatic carbocycles. The lowest BCUT2D eigenvalue weighted by atomic mass is 9.80. The zero-order valence-electron chi connectivity index (χ0n) is 17.1. The molecule has 5 rings (SSSR count). The van der Waals surface area contributed by atoms with Gasteiger partial charge in [0.25, 0.3) is 0 Å². The predicted octanol–water partition coefficient (Wildman–Crippen LogP) is 2.18. The van der Waals surface area contributed by atoms with E-state index in [1.54, 1.807) is 24.3 Å². The lowest BCUT2D eigenvalue weighted by molar-refractivity contribution is -0.122. The van der Waals surface area contributed by atoms with Crippen LogP contribution in [-0.4, -0.2) is 51.2 Å². The first kappa shape index (κ1) is 19.3. The number of amides is 1. The van der Waals surface area contributed by atoms with Gasteiger partial charge in [-0.05, 0) is 25.7 Å². The Morgan fingerprint density at radius 3 is 2.53 bits per heavy atom. The third-order valence-electron chi connectivity index (χ3n) is 6.58. The number of anilines is 3. The van der Waals surface area contributed by atoms with Crippen molar-refractivity contribution in [1.82, 2.24) is 19.9 Å². The predicted molar refractivity (Wildman–Crippen MR) is 110 cm³/mol.